The van der Waals surface area contributed by atoms with Crippen molar-refractivity contribution in [3.8, 4) is 6.07 Å². The first-order chi connectivity index (χ1) is 9.65. The van der Waals surface area contributed by atoms with Crippen molar-refractivity contribution < 1.29 is 0 Å². The van der Waals surface area contributed by atoms with E-state index in [2.05, 4.69) is 23.3 Å². The summed E-state index contributed by atoms with van der Waals surface area (Å²) in [6.07, 6.45) is 2.86. The molecule has 0 N–H and O–H groups in total. The van der Waals surface area contributed by atoms with Gasteiger partial charge in [0.15, 0.2) is 5.69 Å². The molecule has 2 rings (SSSR count). The van der Waals surface area contributed by atoms with Gasteiger partial charge in [-0.25, -0.2) is 4.68 Å². The van der Waals surface area contributed by atoms with Crippen molar-refractivity contribution in [2.45, 2.75) is 32.7 Å². The number of hydrogen-bond acceptors (Lipinski definition) is 3. The minimum absolute atomic E-state index is 0.401. The minimum atomic E-state index is 0.401. The van der Waals surface area contributed by atoms with Crippen molar-refractivity contribution in [1.29, 1.82) is 5.26 Å². The number of halogens is 2. The first-order valence-corrected chi connectivity index (χ1v) is 7.17. The quantitative estimate of drug-likeness (QED) is 0.843. The minimum Gasteiger partial charge on any atom is -0.244 e. The first kappa shape index (κ1) is 14.8. The maximum absolute atomic E-state index is 9.07. The molecule has 2 aromatic rings. The van der Waals surface area contributed by atoms with Crippen LogP contribution in [0.1, 0.15) is 36.7 Å². The average Bonchev–Trinajstić information content (AvgIpc) is 2.82. The molecule has 0 saturated carbocycles. The normalized spacial score (nSPS) is 10.5. The van der Waals surface area contributed by atoms with Crippen LogP contribution >= 0.6 is 23.2 Å². The van der Waals surface area contributed by atoms with Gasteiger partial charge in [-0.1, -0.05) is 47.8 Å². The van der Waals surface area contributed by atoms with Gasteiger partial charge in [0.1, 0.15) is 6.07 Å². The molecule has 0 spiro atoms. The Kier molecular flexibility index (Phi) is 4.99. The molecule has 0 aliphatic rings. The monoisotopic (exact) mass is 308 g/mol. The Balaban J connectivity index is 2.26. The molecular weight excluding hydrogens is 295 g/mol. The Morgan fingerprint density at radius 3 is 2.75 bits per heavy atom. The molecule has 104 valence electrons. The third-order valence-electron chi connectivity index (χ3n) is 3.03. The highest BCUT2D eigenvalue weighted by Gasteiger charge is 2.12. The molecule has 0 radical (unpaired) electrons. The van der Waals surface area contributed by atoms with E-state index in [4.69, 9.17) is 28.5 Å². The Morgan fingerprint density at radius 1 is 1.30 bits per heavy atom. The van der Waals surface area contributed by atoms with Crippen LogP contribution in [0.15, 0.2) is 18.2 Å². The summed E-state index contributed by atoms with van der Waals surface area (Å²) >= 11 is 11.9. The Bertz CT molecular complexity index is 643. The van der Waals surface area contributed by atoms with Crippen LogP contribution in [0.3, 0.4) is 0 Å². The van der Waals surface area contributed by atoms with Crippen LogP contribution in [0, 0.1) is 11.3 Å². The number of benzene rings is 1. The van der Waals surface area contributed by atoms with Crippen molar-refractivity contribution in [3.05, 3.63) is 45.2 Å². The fourth-order valence-electron chi connectivity index (χ4n) is 1.95. The molecule has 0 atom stereocenters. The van der Waals surface area contributed by atoms with Crippen LogP contribution in [0.25, 0.3) is 0 Å². The van der Waals surface area contributed by atoms with Gasteiger partial charge in [-0.3, -0.25) is 0 Å². The fourth-order valence-corrected chi connectivity index (χ4v) is 2.27. The summed E-state index contributed by atoms with van der Waals surface area (Å²) < 4.78 is 1.76. The lowest BCUT2D eigenvalue weighted by Crippen LogP contribution is -2.07. The zero-order chi connectivity index (χ0) is 14.5. The fraction of sp³-hybridized carbons (Fsp3) is 0.357. The van der Waals surface area contributed by atoms with Crippen molar-refractivity contribution in [3.63, 3.8) is 0 Å². The predicted octanol–water partition coefficient (Wildman–Crippen LogP) is 3.85. The van der Waals surface area contributed by atoms with Gasteiger partial charge in [0.05, 0.1) is 22.3 Å². The number of rotatable bonds is 5. The summed E-state index contributed by atoms with van der Waals surface area (Å²) in [5.41, 5.74) is 2.26. The summed E-state index contributed by atoms with van der Waals surface area (Å²) in [5.74, 6) is 0. The van der Waals surface area contributed by atoms with Crippen molar-refractivity contribution in [1.82, 2.24) is 15.0 Å². The van der Waals surface area contributed by atoms with Gasteiger partial charge < -0.3 is 0 Å². The molecular formula is C14H14Cl2N4. The largest absolute Gasteiger partial charge is 0.244 e. The molecule has 0 amide bonds. The predicted molar refractivity (Wildman–Crippen MR) is 78.9 cm³/mol. The SMILES string of the molecule is CCCCc1c(C#N)nnn1Cc1ccc(Cl)c(Cl)c1. The average molecular weight is 309 g/mol. The van der Waals surface area contributed by atoms with Crippen LogP contribution in [0.2, 0.25) is 10.0 Å². The van der Waals surface area contributed by atoms with E-state index < -0.39 is 0 Å². The molecule has 1 aromatic heterocycles. The smallest absolute Gasteiger partial charge is 0.185 e. The van der Waals surface area contributed by atoms with Crippen molar-refractivity contribution in [2.75, 3.05) is 0 Å². The number of nitrogens with zero attached hydrogens (tertiary/aromatic N) is 4. The van der Waals surface area contributed by atoms with Crippen molar-refractivity contribution in [2.24, 2.45) is 0 Å². The molecule has 20 heavy (non-hydrogen) atoms. The maximum atomic E-state index is 9.07. The van der Waals surface area contributed by atoms with Crippen LogP contribution in [-0.2, 0) is 13.0 Å². The second-order valence-electron chi connectivity index (χ2n) is 4.51. The Hall–Kier alpha value is -1.57. The van der Waals surface area contributed by atoms with E-state index in [1.807, 2.05) is 6.07 Å². The van der Waals surface area contributed by atoms with Gasteiger partial charge in [-0.05, 0) is 30.5 Å². The van der Waals surface area contributed by atoms with Gasteiger partial charge in [0.25, 0.3) is 0 Å². The molecule has 0 aliphatic carbocycles. The second-order valence-corrected chi connectivity index (χ2v) is 5.32. The molecule has 1 aromatic carbocycles. The third kappa shape index (κ3) is 3.30. The second kappa shape index (κ2) is 6.74. The standard InChI is InChI=1S/C14H14Cl2N4/c1-2-3-4-14-13(8-17)18-19-20(14)9-10-5-6-11(15)12(16)7-10/h5-7H,2-4,9H2,1H3. The number of nitriles is 1. The highest BCUT2D eigenvalue weighted by molar-refractivity contribution is 6.42. The van der Waals surface area contributed by atoms with Gasteiger partial charge in [-0.2, -0.15) is 5.26 Å². The highest BCUT2D eigenvalue weighted by Crippen LogP contribution is 2.23. The topological polar surface area (TPSA) is 54.5 Å². The van der Waals surface area contributed by atoms with E-state index in [0.29, 0.717) is 22.3 Å². The van der Waals surface area contributed by atoms with Crippen LogP contribution in [-0.4, -0.2) is 15.0 Å². The number of unbranched alkanes of at least 4 members (excludes halogenated alkanes) is 1. The summed E-state index contributed by atoms with van der Waals surface area (Å²) in [7, 11) is 0. The maximum Gasteiger partial charge on any atom is 0.185 e. The summed E-state index contributed by atoms with van der Waals surface area (Å²) in [6, 6.07) is 7.55. The number of hydrogen-bond donors (Lipinski definition) is 0. The lowest BCUT2D eigenvalue weighted by molar-refractivity contribution is 0.606. The summed E-state index contributed by atoms with van der Waals surface area (Å²) in [5, 5.41) is 18.1. The Morgan fingerprint density at radius 2 is 2.10 bits per heavy atom. The highest BCUT2D eigenvalue weighted by atomic mass is 35.5. The lowest BCUT2D eigenvalue weighted by Gasteiger charge is -2.07. The van der Waals surface area contributed by atoms with Crippen LogP contribution < -0.4 is 0 Å². The third-order valence-corrected chi connectivity index (χ3v) is 3.77. The molecule has 0 bridgehead atoms. The summed E-state index contributed by atoms with van der Waals surface area (Å²) in [6.45, 7) is 2.64. The van der Waals surface area contributed by atoms with Crippen LogP contribution in [0.4, 0.5) is 0 Å². The molecule has 4 nitrogen and oxygen atoms in total. The molecule has 0 fully saturated rings. The molecule has 0 aliphatic heterocycles. The van der Waals surface area contributed by atoms with Gasteiger partial charge in [-0.15, -0.1) is 5.10 Å². The molecule has 6 heteroatoms. The lowest BCUT2D eigenvalue weighted by atomic mass is 10.1. The van der Waals surface area contributed by atoms with E-state index in [-0.39, 0.29) is 0 Å². The first-order valence-electron chi connectivity index (χ1n) is 6.42. The van der Waals surface area contributed by atoms with E-state index >= 15 is 0 Å². The van der Waals surface area contributed by atoms with Crippen LogP contribution in [0.5, 0.6) is 0 Å². The van der Waals surface area contributed by atoms with Gasteiger partial charge >= 0.3 is 0 Å². The van der Waals surface area contributed by atoms with Crippen molar-refractivity contribution >= 4 is 23.2 Å². The van der Waals surface area contributed by atoms with E-state index in [0.717, 1.165) is 30.5 Å². The van der Waals surface area contributed by atoms with E-state index in [1.165, 1.54) is 0 Å². The zero-order valence-electron chi connectivity index (χ0n) is 11.1. The van der Waals surface area contributed by atoms with E-state index in [9.17, 15) is 0 Å². The molecule has 1 heterocycles. The number of aromatic nitrogens is 3. The van der Waals surface area contributed by atoms with E-state index in [1.54, 1.807) is 16.8 Å². The molecule has 0 saturated heterocycles. The van der Waals surface area contributed by atoms with Gasteiger partial charge in [0.2, 0.25) is 0 Å². The zero-order valence-corrected chi connectivity index (χ0v) is 12.6. The Labute approximate surface area is 127 Å². The summed E-state index contributed by atoms with van der Waals surface area (Å²) in [4.78, 5) is 0. The molecule has 0 unspecified atom stereocenters. The van der Waals surface area contributed by atoms with Gasteiger partial charge in [0, 0.05) is 0 Å².